The van der Waals surface area contributed by atoms with Crippen molar-refractivity contribution in [3.05, 3.63) is 36.7 Å². The fraction of sp³-hybridized carbons (Fsp3) is 0.231. The van der Waals surface area contributed by atoms with Gasteiger partial charge < -0.3 is 14.6 Å². The number of amides is 1. The Labute approximate surface area is 114 Å². The van der Waals surface area contributed by atoms with Crippen LogP contribution in [0.25, 0.3) is 0 Å². The summed E-state index contributed by atoms with van der Waals surface area (Å²) < 4.78 is 23.2. The van der Waals surface area contributed by atoms with E-state index in [0.717, 1.165) is 6.07 Å². The zero-order valence-electron chi connectivity index (χ0n) is 10.8. The van der Waals surface area contributed by atoms with Crippen molar-refractivity contribution in [2.75, 3.05) is 11.9 Å². The first-order valence-electron chi connectivity index (χ1n) is 5.67. The fourth-order valence-corrected chi connectivity index (χ4v) is 1.20. The van der Waals surface area contributed by atoms with Gasteiger partial charge in [0.05, 0.1) is 0 Å². The molecule has 0 saturated heterocycles. The van der Waals surface area contributed by atoms with E-state index >= 15 is 0 Å². The zero-order valence-corrected chi connectivity index (χ0v) is 10.8. The van der Waals surface area contributed by atoms with Gasteiger partial charge in [-0.05, 0) is 19.1 Å². The van der Waals surface area contributed by atoms with Crippen LogP contribution in [0, 0.1) is 5.82 Å². The highest BCUT2D eigenvalue weighted by Gasteiger charge is 2.15. The predicted octanol–water partition coefficient (Wildman–Crippen LogP) is 2.41. The zero-order chi connectivity index (χ0) is 15.1. The summed E-state index contributed by atoms with van der Waals surface area (Å²) in [5, 5.41) is 11.0. The molecular formula is C13H14FNO5. The number of ether oxygens (including phenoxy) is 2. The molecule has 0 aliphatic rings. The van der Waals surface area contributed by atoms with Crippen molar-refractivity contribution in [2.45, 2.75) is 13.0 Å². The quantitative estimate of drug-likeness (QED) is 0.783. The Morgan fingerprint density at radius 1 is 1.55 bits per heavy atom. The number of carbonyl (C=O) groups excluding carboxylic acids is 1. The first kappa shape index (κ1) is 15.5. The predicted molar refractivity (Wildman–Crippen MR) is 69.3 cm³/mol. The van der Waals surface area contributed by atoms with Gasteiger partial charge in [-0.2, -0.15) is 0 Å². The van der Waals surface area contributed by atoms with E-state index in [1.54, 1.807) is 0 Å². The van der Waals surface area contributed by atoms with Crippen LogP contribution in [0.3, 0.4) is 0 Å². The molecule has 20 heavy (non-hydrogen) atoms. The van der Waals surface area contributed by atoms with E-state index in [1.807, 2.05) is 0 Å². The van der Waals surface area contributed by atoms with Gasteiger partial charge in [-0.25, -0.2) is 14.0 Å². The summed E-state index contributed by atoms with van der Waals surface area (Å²) in [7, 11) is 0. The average Bonchev–Trinajstić information content (AvgIpc) is 2.39. The first-order valence-corrected chi connectivity index (χ1v) is 5.67. The minimum absolute atomic E-state index is 0.0334. The van der Waals surface area contributed by atoms with Crippen LogP contribution in [0.1, 0.15) is 6.92 Å². The smallest absolute Gasteiger partial charge is 0.411 e. The van der Waals surface area contributed by atoms with Crippen LogP contribution in [-0.2, 0) is 9.53 Å². The summed E-state index contributed by atoms with van der Waals surface area (Å²) >= 11 is 0. The number of carbonyl (C=O) groups is 2. The lowest BCUT2D eigenvalue weighted by atomic mass is 10.3. The monoisotopic (exact) mass is 283 g/mol. The number of nitrogens with one attached hydrogen (secondary N) is 1. The van der Waals surface area contributed by atoms with Crippen LogP contribution in [-0.4, -0.2) is 29.9 Å². The summed E-state index contributed by atoms with van der Waals surface area (Å²) in [5.74, 6) is -2.22. The number of hydrogen-bond donors (Lipinski definition) is 2. The molecule has 0 aliphatic carbocycles. The SMILES string of the molecule is C=CCOC(=O)Nc1ccc(OC(C)C(=O)O)c(F)c1. The molecule has 0 spiro atoms. The highest BCUT2D eigenvalue weighted by molar-refractivity contribution is 5.84. The van der Waals surface area contributed by atoms with Crippen LogP contribution in [0.15, 0.2) is 30.9 Å². The Morgan fingerprint density at radius 2 is 2.25 bits per heavy atom. The van der Waals surface area contributed by atoms with Gasteiger partial charge in [0, 0.05) is 11.8 Å². The first-order chi connectivity index (χ1) is 9.43. The number of aliphatic carboxylic acids is 1. The lowest BCUT2D eigenvalue weighted by Crippen LogP contribution is -2.23. The number of carboxylic acid groups (broad SMARTS) is 1. The molecule has 108 valence electrons. The molecule has 2 N–H and O–H groups in total. The van der Waals surface area contributed by atoms with E-state index in [4.69, 9.17) is 9.84 Å². The van der Waals surface area contributed by atoms with E-state index in [0.29, 0.717) is 0 Å². The standard InChI is InChI=1S/C13H14FNO5/c1-3-6-19-13(18)15-9-4-5-11(10(14)7-9)20-8(2)12(16)17/h3-5,7-8H,1,6H2,2H3,(H,15,18)(H,16,17). The van der Waals surface area contributed by atoms with Crippen LogP contribution in [0.2, 0.25) is 0 Å². The Kier molecular flexibility index (Phi) is 5.52. The number of halogens is 1. The van der Waals surface area contributed by atoms with E-state index in [1.165, 1.54) is 25.1 Å². The molecule has 0 fully saturated rings. The second-order valence-corrected chi connectivity index (χ2v) is 3.76. The van der Waals surface area contributed by atoms with Crippen molar-refractivity contribution in [1.29, 1.82) is 0 Å². The van der Waals surface area contributed by atoms with Gasteiger partial charge in [0.2, 0.25) is 0 Å². The number of rotatable bonds is 6. The number of carboxylic acids is 1. The number of anilines is 1. The number of benzene rings is 1. The molecule has 0 aliphatic heterocycles. The lowest BCUT2D eigenvalue weighted by molar-refractivity contribution is -0.144. The average molecular weight is 283 g/mol. The molecular weight excluding hydrogens is 269 g/mol. The second-order valence-electron chi connectivity index (χ2n) is 3.76. The van der Waals surface area contributed by atoms with Gasteiger partial charge >= 0.3 is 12.1 Å². The van der Waals surface area contributed by atoms with Crippen molar-refractivity contribution in [3.63, 3.8) is 0 Å². The molecule has 1 amide bonds. The van der Waals surface area contributed by atoms with Crippen LogP contribution in [0.5, 0.6) is 5.75 Å². The minimum atomic E-state index is -1.21. The van der Waals surface area contributed by atoms with Crippen molar-refractivity contribution in [2.24, 2.45) is 0 Å². The molecule has 1 unspecified atom stereocenters. The molecule has 0 radical (unpaired) electrons. The van der Waals surface area contributed by atoms with Crippen molar-refractivity contribution in [3.8, 4) is 5.75 Å². The topological polar surface area (TPSA) is 84.9 Å². The van der Waals surface area contributed by atoms with Gasteiger partial charge in [0.25, 0.3) is 0 Å². The molecule has 1 atom stereocenters. The van der Waals surface area contributed by atoms with E-state index < -0.39 is 24.0 Å². The minimum Gasteiger partial charge on any atom is -0.479 e. The van der Waals surface area contributed by atoms with E-state index in [-0.39, 0.29) is 18.0 Å². The van der Waals surface area contributed by atoms with Gasteiger partial charge in [-0.3, -0.25) is 5.32 Å². The van der Waals surface area contributed by atoms with Crippen LogP contribution < -0.4 is 10.1 Å². The van der Waals surface area contributed by atoms with Crippen molar-refractivity contribution >= 4 is 17.7 Å². The van der Waals surface area contributed by atoms with Crippen molar-refractivity contribution < 1.29 is 28.6 Å². The summed E-state index contributed by atoms with van der Waals surface area (Å²) in [6.45, 7) is 4.69. The van der Waals surface area contributed by atoms with Gasteiger partial charge in [-0.15, -0.1) is 0 Å². The molecule has 0 bridgehead atoms. The Hall–Kier alpha value is -2.57. The molecule has 7 heteroatoms. The van der Waals surface area contributed by atoms with Gasteiger partial charge in [-0.1, -0.05) is 12.7 Å². The molecule has 0 heterocycles. The normalized spacial score (nSPS) is 11.3. The molecule has 1 rings (SSSR count). The maximum absolute atomic E-state index is 13.7. The highest BCUT2D eigenvalue weighted by Crippen LogP contribution is 2.22. The van der Waals surface area contributed by atoms with E-state index in [2.05, 4.69) is 16.6 Å². The molecule has 1 aromatic rings. The molecule has 0 saturated carbocycles. The second kappa shape index (κ2) is 7.13. The summed E-state index contributed by atoms with van der Waals surface area (Å²) in [5.41, 5.74) is 0.159. The third-order valence-corrected chi connectivity index (χ3v) is 2.16. The Bertz CT molecular complexity index is 517. The highest BCUT2D eigenvalue weighted by atomic mass is 19.1. The fourth-order valence-electron chi connectivity index (χ4n) is 1.20. The summed E-state index contributed by atoms with van der Waals surface area (Å²) in [6.07, 6.45) is -0.539. The summed E-state index contributed by atoms with van der Waals surface area (Å²) in [4.78, 5) is 21.8. The Morgan fingerprint density at radius 3 is 2.80 bits per heavy atom. The lowest BCUT2D eigenvalue weighted by Gasteiger charge is -2.12. The third kappa shape index (κ3) is 4.60. The van der Waals surface area contributed by atoms with Crippen LogP contribution in [0.4, 0.5) is 14.9 Å². The van der Waals surface area contributed by atoms with Gasteiger partial charge in [0.15, 0.2) is 17.7 Å². The number of hydrogen-bond acceptors (Lipinski definition) is 4. The van der Waals surface area contributed by atoms with Crippen molar-refractivity contribution in [1.82, 2.24) is 0 Å². The Balaban J connectivity index is 2.70. The van der Waals surface area contributed by atoms with Crippen LogP contribution >= 0.6 is 0 Å². The molecule has 6 nitrogen and oxygen atoms in total. The molecule has 1 aromatic carbocycles. The maximum Gasteiger partial charge on any atom is 0.411 e. The maximum atomic E-state index is 13.7. The van der Waals surface area contributed by atoms with Gasteiger partial charge in [0.1, 0.15) is 6.61 Å². The third-order valence-electron chi connectivity index (χ3n) is 2.16. The molecule has 0 aromatic heterocycles. The van der Waals surface area contributed by atoms with E-state index in [9.17, 15) is 14.0 Å². The summed E-state index contributed by atoms with van der Waals surface area (Å²) in [6, 6.07) is 3.58. The largest absolute Gasteiger partial charge is 0.479 e.